The monoisotopic (exact) mass is 346 g/mol. The first kappa shape index (κ1) is 18.7. The lowest BCUT2D eigenvalue weighted by atomic mass is 9.71. The van der Waals surface area contributed by atoms with Crippen LogP contribution in [-0.4, -0.2) is 55.4 Å². The number of hydrogen-bond acceptors (Lipinski definition) is 4. The van der Waals surface area contributed by atoms with E-state index in [9.17, 15) is 5.11 Å². The van der Waals surface area contributed by atoms with Crippen molar-refractivity contribution >= 4 is 0 Å². The van der Waals surface area contributed by atoms with E-state index in [4.69, 9.17) is 4.74 Å². The highest BCUT2D eigenvalue weighted by atomic mass is 16.5. The number of methoxy groups -OCH3 is 1. The van der Waals surface area contributed by atoms with Gasteiger partial charge in [-0.1, -0.05) is 31.4 Å². The van der Waals surface area contributed by atoms with Crippen LogP contribution in [0.25, 0.3) is 0 Å². The molecule has 0 bridgehead atoms. The highest BCUT2D eigenvalue weighted by molar-refractivity contribution is 5.31. The van der Waals surface area contributed by atoms with Crippen LogP contribution < -0.4 is 10.1 Å². The van der Waals surface area contributed by atoms with Gasteiger partial charge in [0.05, 0.1) is 12.7 Å². The lowest BCUT2D eigenvalue weighted by Gasteiger charge is -2.40. The quantitative estimate of drug-likeness (QED) is 0.796. The molecule has 1 aliphatic carbocycles. The second-order valence-corrected chi connectivity index (χ2v) is 7.72. The zero-order chi connectivity index (χ0) is 17.5. The molecule has 0 radical (unpaired) electrons. The molecule has 25 heavy (non-hydrogen) atoms. The zero-order valence-electron chi connectivity index (χ0n) is 15.7. The first-order valence-corrected chi connectivity index (χ1v) is 10.0. The summed E-state index contributed by atoms with van der Waals surface area (Å²) in [6.07, 6.45) is 7.67. The van der Waals surface area contributed by atoms with E-state index >= 15 is 0 Å². The lowest BCUT2D eigenvalue weighted by Crippen LogP contribution is -2.44. The van der Waals surface area contributed by atoms with Crippen LogP contribution in [0.5, 0.6) is 5.75 Å². The van der Waals surface area contributed by atoms with Crippen molar-refractivity contribution in [3.63, 3.8) is 0 Å². The van der Waals surface area contributed by atoms with E-state index in [2.05, 4.69) is 22.3 Å². The Labute approximate surface area is 152 Å². The molecule has 2 aliphatic rings. The molecule has 4 heteroatoms. The first-order valence-electron chi connectivity index (χ1n) is 10.0. The third-order valence-electron chi connectivity index (χ3n) is 6.06. The SMILES string of the molecule is COc1ccc(C(CCCN2CCNCC2)C2(O)CCCCC2)cc1. The molecule has 1 unspecified atom stereocenters. The summed E-state index contributed by atoms with van der Waals surface area (Å²) < 4.78 is 5.30. The molecular formula is C21H34N2O2. The maximum atomic E-state index is 11.4. The van der Waals surface area contributed by atoms with Gasteiger partial charge >= 0.3 is 0 Å². The van der Waals surface area contributed by atoms with Gasteiger partial charge in [-0.25, -0.2) is 0 Å². The normalized spacial score (nSPS) is 22.5. The molecular weight excluding hydrogens is 312 g/mol. The Hall–Kier alpha value is -1.10. The molecule has 1 saturated heterocycles. The van der Waals surface area contributed by atoms with Crippen LogP contribution in [0.1, 0.15) is 56.4 Å². The Bertz CT molecular complexity index is 505. The molecule has 0 spiro atoms. The number of aliphatic hydroxyl groups is 1. The third-order valence-corrected chi connectivity index (χ3v) is 6.06. The molecule has 1 saturated carbocycles. The van der Waals surface area contributed by atoms with Gasteiger partial charge in [0.25, 0.3) is 0 Å². The minimum absolute atomic E-state index is 0.238. The summed E-state index contributed by atoms with van der Waals surface area (Å²) in [5.74, 6) is 1.13. The van der Waals surface area contributed by atoms with Crippen molar-refractivity contribution in [1.82, 2.24) is 10.2 Å². The van der Waals surface area contributed by atoms with Gasteiger partial charge in [0.1, 0.15) is 5.75 Å². The van der Waals surface area contributed by atoms with Crippen molar-refractivity contribution in [2.75, 3.05) is 39.8 Å². The van der Waals surface area contributed by atoms with E-state index in [0.29, 0.717) is 0 Å². The van der Waals surface area contributed by atoms with Gasteiger partial charge in [0.15, 0.2) is 0 Å². The molecule has 0 amide bonds. The van der Waals surface area contributed by atoms with E-state index < -0.39 is 5.60 Å². The number of nitrogens with one attached hydrogen (secondary N) is 1. The van der Waals surface area contributed by atoms with E-state index in [1.807, 2.05) is 12.1 Å². The fourth-order valence-corrected chi connectivity index (χ4v) is 4.55. The molecule has 2 fully saturated rings. The van der Waals surface area contributed by atoms with Crippen molar-refractivity contribution in [2.45, 2.75) is 56.5 Å². The third kappa shape index (κ3) is 4.96. The number of benzene rings is 1. The van der Waals surface area contributed by atoms with Crippen LogP contribution in [0.4, 0.5) is 0 Å². The number of nitrogens with zero attached hydrogens (tertiary/aromatic N) is 1. The van der Waals surface area contributed by atoms with Crippen molar-refractivity contribution in [2.24, 2.45) is 0 Å². The molecule has 1 heterocycles. The van der Waals surface area contributed by atoms with Crippen molar-refractivity contribution in [3.05, 3.63) is 29.8 Å². The zero-order valence-corrected chi connectivity index (χ0v) is 15.7. The van der Waals surface area contributed by atoms with E-state index in [1.165, 1.54) is 12.0 Å². The van der Waals surface area contributed by atoms with E-state index in [1.54, 1.807) is 7.11 Å². The fourth-order valence-electron chi connectivity index (χ4n) is 4.55. The smallest absolute Gasteiger partial charge is 0.118 e. The standard InChI is InChI=1S/C21H34N2O2/c1-25-19-9-7-18(8-10-19)20(21(24)11-3-2-4-12-21)6-5-15-23-16-13-22-14-17-23/h7-10,20,22,24H,2-6,11-17H2,1H3. The predicted octanol–water partition coefficient (Wildman–Crippen LogP) is 3.16. The second kappa shape index (κ2) is 9.02. The predicted molar refractivity (Wildman–Crippen MR) is 102 cm³/mol. The van der Waals surface area contributed by atoms with Crippen molar-refractivity contribution in [1.29, 1.82) is 0 Å². The Kier molecular flexibility index (Phi) is 6.74. The lowest BCUT2D eigenvalue weighted by molar-refractivity contribution is -0.0252. The van der Waals surface area contributed by atoms with Gasteiger partial charge in [-0.3, -0.25) is 0 Å². The summed E-state index contributed by atoms with van der Waals surface area (Å²) in [7, 11) is 1.70. The molecule has 1 aromatic carbocycles. The largest absolute Gasteiger partial charge is 0.497 e. The minimum atomic E-state index is -0.531. The fraction of sp³-hybridized carbons (Fsp3) is 0.714. The van der Waals surface area contributed by atoms with Gasteiger partial charge in [-0.15, -0.1) is 0 Å². The summed E-state index contributed by atoms with van der Waals surface area (Å²) in [4.78, 5) is 2.55. The minimum Gasteiger partial charge on any atom is -0.497 e. The molecule has 1 aliphatic heterocycles. The van der Waals surface area contributed by atoms with E-state index in [0.717, 1.165) is 77.0 Å². The summed E-state index contributed by atoms with van der Waals surface area (Å²) in [6, 6.07) is 8.37. The highest BCUT2D eigenvalue weighted by Gasteiger charge is 2.38. The van der Waals surface area contributed by atoms with Crippen LogP contribution >= 0.6 is 0 Å². The molecule has 140 valence electrons. The van der Waals surface area contributed by atoms with Crippen molar-refractivity contribution < 1.29 is 9.84 Å². The number of ether oxygens (including phenoxy) is 1. The van der Waals surface area contributed by atoms with Gasteiger partial charge in [0, 0.05) is 32.1 Å². The second-order valence-electron chi connectivity index (χ2n) is 7.72. The van der Waals surface area contributed by atoms with Gasteiger partial charge in [-0.05, 0) is 49.9 Å². The van der Waals surface area contributed by atoms with Crippen LogP contribution in [0.3, 0.4) is 0 Å². The molecule has 4 nitrogen and oxygen atoms in total. The Morgan fingerprint density at radius 2 is 1.80 bits per heavy atom. The van der Waals surface area contributed by atoms with Gasteiger partial charge in [-0.2, -0.15) is 0 Å². The molecule has 3 rings (SSSR count). The molecule has 0 aromatic heterocycles. The maximum absolute atomic E-state index is 11.4. The number of hydrogen-bond donors (Lipinski definition) is 2. The molecule has 1 aromatic rings. The Morgan fingerprint density at radius 3 is 2.44 bits per heavy atom. The number of rotatable bonds is 7. The average molecular weight is 347 g/mol. The van der Waals surface area contributed by atoms with Crippen LogP contribution in [0, 0.1) is 0 Å². The summed E-state index contributed by atoms with van der Waals surface area (Å²) in [5.41, 5.74) is 0.738. The maximum Gasteiger partial charge on any atom is 0.118 e. The van der Waals surface area contributed by atoms with Crippen molar-refractivity contribution in [3.8, 4) is 5.75 Å². The Balaban J connectivity index is 1.66. The molecule has 2 N–H and O–H groups in total. The average Bonchev–Trinajstić information content (AvgIpc) is 2.67. The van der Waals surface area contributed by atoms with E-state index in [-0.39, 0.29) is 5.92 Å². The summed E-state index contributed by atoms with van der Waals surface area (Å²) in [5, 5.41) is 14.8. The molecule has 1 atom stereocenters. The topological polar surface area (TPSA) is 44.7 Å². The van der Waals surface area contributed by atoms with Crippen LogP contribution in [-0.2, 0) is 0 Å². The highest BCUT2D eigenvalue weighted by Crippen LogP contribution is 2.42. The van der Waals surface area contributed by atoms with Gasteiger partial charge < -0.3 is 20.1 Å². The summed E-state index contributed by atoms with van der Waals surface area (Å²) in [6.45, 7) is 5.65. The van der Waals surface area contributed by atoms with Gasteiger partial charge in [0.2, 0.25) is 0 Å². The first-order chi connectivity index (χ1) is 12.2. The Morgan fingerprint density at radius 1 is 1.12 bits per heavy atom. The van der Waals surface area contributed by atoms with Crippen LogP contribution in [0.2, 0.25) is 0 Å². The summed E-state index contributed by atoms with van der Waals surface area (Å²) >= 11 is 0. The number of piperazine rings is 1. The van der Waals surface area contributed by atoms with Crippen LogP contribution in [0.15, 0.2) is 24.3 Å².